The van der Waals surface area contributed by atoms with Gasteiger partial charge in [0.25, 0.3) is 0 Å². The van der Waals surface area contributed by atoms with Crippen molar-refractivity contribution in [2.75, 3.05) is 6.61 Å². The standard InChI is InChI=1S/C20H20O6/c1-13-17(21)18(26-20(23)15-10-6-3-7-11-15)16(25-13)12-24-19(22)14-8-4-2-5-9-14/h2-11,13,16-18,21H,12H2,1H3. The summed E-state index contributed by atoms with van der Waals surface area (Å²) >= 11 is 0. The summed E-state index contributed by atoms with van der Waals surface area (Å²) in [4.78, 5) is 24.3. The van der Waals surface area contributed by atoms with Crippen LogP contribution in [0.15, 0.2) is 60.7 Å². The van der Waals surface area contributed by atoms with Crippen LogP contribution < -0.4 is 0 Å². The molecule has 0 radical (unpaired) electrons. The van der Waals surface area contributed by atoms with E-state index in [1.807, 2.05) is 0 Å². The Kier molecular flexibility index (Phi) is 5.65. The van der Waals surface area contributed by atoms with Gasteiger partial charge in [0.2, 0.25) is 0 Å². The summed E-state index contributed by atoms with van der Waals surface area (Å²) in [6.45, 7) is 1.55. The fraction of sp³-hybridized carbons (Fsp3) is 0.300. The van der Waals surface area contributed by atoms with Crippen LogP contribution in [-0.4, -0.2) is 48.1 Å². The molecule has 3 rings (SSSR count). The maximum Gasteiger partial charge on any atom is 0.338 e. The predicted octanol–water partition coefficient (Wildman–Crippen LogP) is 2.22. The number of ether oxygens (including phenoxy) is 3. The highest BCUT2D eigenvalue weighted by Gasteiger charge is 2.44. The number of hydrogen-bond donors (Lipinski definition) is 1. The molecule has 0 spiro atoms. The van der Waals surface area contributed by atoms with Gasteiger partial charge in [-0.2, -0.15) is 0 Å². The molecular weight excluding hydrogens is 336 g/mol. The highest BCUT2D eigenvalue weighted by Crippen LogP contribution is 2.25. The van der Waals surface area contributed by atoms with E-state index < -0.39 is 36.4 Å². The van der Waals surface area contributed by atoms with Gasteiger partial charge in [0, 0.05) is 0 Å². The van der Waals surface area contributed by atoms with E-state index in [0.29, 0.717) is 11.1 Å². The van der Waals surface area contributed by atoms with E-state index in [1.54, 1.807) is 67.6 Å². The molecule has 26 heavy (non-hydrogen) atoms. The van der Waals surface area contributed by atoms with Crippen molar-refractivity contribution < 1.29 is 28.9 Å². The smallest absolute Gasteiger partial charge is 0.338 e. The molecule has 6 heteroatoms. The fourth-order valence-electron chi connectivity index (χ4n) is 2.78. The lowest BCUT2D eigenvalue weighted by molar-refractivity contribution is -0.0418. The molecule has 0 saturated carbocycles. The third kappa shape index (κ3) is 4.09. The van der Waals surface area contributed by atoms with Crippen molar-refractivity contribution in [3.05, 3.63) is 71.8 Å². The maximum atomic E-state index is 12.3. The molecule has 6 nitrogen and oxygen atoms in total. The molecule has 136 valence electrons. The molecule has 0 aliphatic carbocycles. The molecule has 4 atom stereocenters. The van der Waals surface area contributed by atoms with E-state index >= 15 is 0 Å². The fourth-order valence-corrected chi connectivity index (χ4v) is 2.78. The summed E-state index contributed by atoms with van der Waals surface area (Å²) < 4.78 is 16.3. The molecule has 4 unspecified atom stereocenters. The van der Waals surface area contributed by atoms with Gasteiger partial charge >= 0.3 is 11.9 Å². The molecule has 1 N–H and O–H groups in total. The minimum absolute atomic E-state index is 0.123. The Morgan fingerprint density at radius 3 is 2.08 bits per heavy atom. The van der Waals surface area contributed by atoms with Crippen molar-refractivity contribution in [3.8, 4) is 0 Å². The third-order valence-corrected chi connectivity index (χ3v) is 4.21. The normalized spacial score (nSPS) is 24.8. The predicted molar refractivity (Wildman–Crippen MR) is 92.7 cm³/mol. The minimum atomic E-state index is -0.997. The summed E-state index contributed by atoms with van der Waals surface area (Å²) in [5, 5.41) is 10.3. The molecule has 1 fully saturated rings. The Morgan fingerprint density at radius 1 is 0.962 bits per heavy atom. The van der Waals surface area contributed by atoms with Crippen molar-refractivity contribution in [3.63, 3.8) is 0 Å². The zero-order valence-corrected chi connectivity index (χ0v) is 14.3. The lowest BCUT2D eigenvalue weighted by Gasteiger charge is -2.20. The summed E-state index contributed by atoms with van der Waals surface area (Å²) in [6.07, 6.45) is -3.19. The van der Waals surface area contributed by atoms with E-state index in [9.17, 15) is 14.7 Å². The van der Waals surface area contributed by atoms with Crippen LogP contribution in [0, 0.1) is 0 Å². The quantitative estimate of drug-likeness (QED) is 0.827. The van der Waals surface area contributed by atoms with Crippen LogP contribution in [0.3, 0.4) is 0 Å². The van der Waals surface area contributed by atoms with Gasteiger partial charge in [-0.25, -0.2) is 9.59 Å². The number of aliphatic hydroxyl groups excluding tert-OH is 1. The summed E-state index contributed by atoms with van der Waals surface area (Å²) in [7, 11) is 0. The molecule has 0 amide bonds. The molecule has 1 heterocycles. The first-order valence-electron chi connectivity index (χ1n) is 8.38. The Bertz CT molecular complexity index is 745. The zero-order chi connectivity index (χ0) is 18.5. The van der Waals surface area contributed by atoms with Crippen LogP contribution >= 0.6 is 0 Å². The van der Waals surface area contributed by atoms with Crippen molar-refractivity contribution in [1.29, 1.82) is 0 Å². The minimum Gasteiger partial charge on any atom is -0.459 e. The van der Waals surface area contributed by atoms with E-state index in [1.165, 1.54) is 0 Å². The van der Waals surface area contributed by atoms with Crippen molar-refractivity contribution in [1.82, 2.24) is 0 Å². The number of carbonyl (C=O) groups is 2. The third-order valence-electron chi connectivity index (χ3n) is 4.21. The first-order valence-corrected chi connectivity index (χ1v) is 8.38. The van der Waals surface area contributed by atoms with Crippen molar-refractivity contribution >= 4 is 11.9 Å². The van der Waals surface area contributed by atoms with Crippen molar-refractivity contribution in [2.24, 2.45) is 0 Å². The molecular formula is C20H20O6. The Hall–Kier alpha value is -2.70. The van der Waals surface area contributed by atoms with Crippen LogP contribution in [0.1, 0.15) is 27.6 Å². The van der Waals surface area contributed by atoms with E-state index in [2.05, 4.69) is 0 Å². The van der Waals surface area contributed by atoms with Gasteiger partial charge in [0.05, 0.1) is 17.2 Å². The molecule has 1 saturated heterocycles. The van der Waals surface area contributed by atoms with E-state index in [0.717, 1.165) is 0 Å². The number of carbonyl (C=O) groups excluding carboxylic acids is 2. The van der Waals surface area contributed by atoms with Gasteiger partial charge < -0.3 is 19.3 Å². The Morgan fingerprint density at radius 2 is 1.50 bits per heavy atom. The largest absolute Gasteiger partial charge is 0.459 e. The summed E-state index contributed by atoms with van der Waals surface area (Å²) in [5.41, 5.74) is 0.788. The molecule has 0 aromatic heterocycles. The van der Waals surface area contributed by atoms with Crippen LogP contribution in [-0.2, 0) is 14.2 Å². The van der Waals surface area contributed by atoms with Crippen molar-refractivity contribution in [2.45, 2.75) is 31.3 Å². The van der Waals surface area contributed by atoms with E-state index in [4.69, 9.17) is 14.2 Å². The highest BCUT2D eigenvalue weighted by molar-refractivity contribution is 5.90. The van der Waals surface area contributed by atoms with Gasteiger partial charge in [-0.05, 0) is 31.2 Å². The van der Waals surface area contributed by atoms with Crippen LogP contribution in [0.5, 0.6) is 0 Å². The molecule has 0 bridgehead atoms. The Balaban J connectivity index is 1.63. The molecule has 2 aromatic rings. The monoisotopic (exact) mass is 356 g/mol. The van der Waals surface area contributed by atoms with Crippen LogP contribution in [0.4, 0.5) is 0 Å². The highest BCUT2D eigenvalue weighted by atomic mass is 16.6. The number of aliphatic hydroxyl groups is 1. The first kappa shape index (κ1) is 18.1. The molecule has 2 aromatic carbocycles. The number of benzene rings is 2. The number of rotatable bonds is 5. The van der Waals surface area contributed by atoms with Gasteiger partial charge in [-0.1, -0.05) is 36.4 Å². The second-order valence-electron chi connectivity index (χ2n) is 6.07. The second kappa shape index (κ2) is 8.12. The average Bonchev–Trinajstić information content (AvgIpc) is 2.95. The lowest BCUT2D eigenvalue weighted by Crippen LogP contribution is -2.38. The summed E-state index contributed by atoms with van der Waals surface area (Å²) in [5.74, 6) is -1.07. The average molecular weight is 356 g/mol. The Labute approximate surface area is 151 Å². The van der Waals surface area contributed by atoms with Crippen LogP contribution in [0.2, 0.25) is 0 Å². The second-order valence-corrected chi connectivity index (χ2v) is 6.07. The molecule has 1 aliphatic heterocycles. The summed E-state index contributed by atoms with van der Waals surface area (Å²) in [6, 6.07) is 17.0. The van der Waals surface area contributed by atoms with Gasteiger partial charge in [-0.15, -0.1) is 0 Å². The first-order chi connectivity index (χ1) is 12.6. The lowest BCUT2D eigenvalue weighted by atomic mass is 10.1. The zero-order valence-electron chi connectivity index (χ0n) is 14.3. The number of esters is 2. The van der Waals surface area contributed by atoms with Gasteiger partial charge in [0.15, 0.2) is 6.10 Å². The van der Waals surface area contributed by atoms with E-state index in [-0.39, 0.29) is 6.61 Å². The van der Waals surface area contributed by atoms with Crippen LogP contribution in [0.25, 0.3) is 0 Å². The SMILES string of the molecule is CC1OC(COC(=O)c2ccccc2)C(OC(=O)c2ccccc2)C1O. The molecule has 1 aliphatic rings. The maximum absolute atomic E-state index is 12.3. The van der Waals surface area contributed by atoms with Gasteiger partial charge in [0.1, 0.15) is 18.8 Å². The van der Waals surface area contributed by atoms with Gasteiger partial charge in [-0.3, -0.25) is 0 Å². The topological polar surface area (TPSA) is 82.1 Å². The number of hydrogen-bond acceptors (Lipinski definition) is 6.